The molecule has 0 aliphatic rings. The first-order valence-electron chi connectivity index (χ1n) is 11.1. The van der Waals surface area contributed by atoms with Crippen molar-refractivity contribution in [2.75, 3.05) is 0 Å². The SMILES string of the molecule is Cc1ccc2c(oc3c(-c4ccc(-c5ccccc5)cc4)nccc32)c1-c1cccc[n+]1C. The first kappa shape index (κ1) is 19.4. The second-order valence-electron chi connectivity index (χ2n) is 8.41. The van der Waals surface area contributed by atoms with Crippen LogP contribution in [0.3, 0.4) is 0 Å². The molecule has 0 aliphatic heterocycles. The third-order valence-corrected chi connectivity index (χ3v) is 6.34. The molecule has 0 amide bonds. The van der Waals surface area contributed by atoms with E-state index < -0.39 is 0 Å². The summed E-state index contributed by atoms with van der Waals surface area (Å²) in [5.74, 6) is 0. The summed E-state index contributed by atoms with van der Waals surface area (Å²) in [5, 5.41) is 2.20. The molecule has 0 radical (unpaired) electrons. The quantitative estimate of drug-likeness (QED) is 0.282. The van der Waals surface area contributed by atoms with Gasteiger partial charge in [-0.3, -0.25) is 4.98 Å². The molecule has 0 spiro atoms. The molecule has 0 unspecified atom stereocenters. The number of hydrogen-bond acceptors (Lipinski definition) is 2. The first-order chi connectivity index (χ1) is 16.2. The maximum absolute atomic E-state index is 6.60. The van der Waals surface area contributed by atoms with Crippen molar-refractivity contribution in [2.24, 2.45) is 7.05 Å². The second kappa shape index (κ2) is 7.72. The van der Waals surface area contributed by atoms with Gasteiger partial charge in [-0.1, -0.05) is 66.7 Å². The Morgan fingerprint density at radius 3 is 2.15 bits per heavy atom. The van der Waals surface area contributed by atoms with Gasteiger partial charge < -0.3 is 4.42 Å². The molecule has 0 atom stereocenters. The lowest BCUT2D eigenvalue weighted by molar-refractivity contribution is -0.660. The molecule has 3 nitrogen and oxygen atoms in total. The van der Waals surface area contributed by atoms with E-state index in [-0.39, 0.29) is 0 Å². The van der Waals surface area contributed by atoms with E-state index in [0.29, 0.717) is 0 Å². The summed E-state index contributed by atoms with van der Waals surface area (Å²) in [6.07, 6.45) is 3.94. The number of furan rings is 1. The molecule has 0 saturated heterocycles. The van der Waals surface area contributed by atoms with Gasteiger partial charge in [0.05, 0.1) is 5.56 Å². The Hall–Kier alpha value is -4.24. The van der Waals surface area contributed by atoms with Gasteiger partial charge in [-0.05, 0) is 35.7 Å². The van der Waals surface area contributed by atoms with Crippen LogP contribution >= 0.6 is 0 Å². The lowest BCUT2D eigenvalue weighted by Crippen LogP contribution is -2.30. The highest BCUT2D eigenvalue weighted by Crippen LogP contribution is 2.39. The van der Waals surface area contributed by atoms with E-state index in [9.17, 15) is 0 Å². The van der Waals surface area contributed by atoms with Crippen LogP contribution in [0.1, 0.15) is 5.56 Å². The van der Waals surface area contributed by atoms with Gasteiger partial charge >= 0.3 is 0 Å². The van der Waals surface area contributed by atoms with Gasteiger partial charge in [0.2, 0.25) is 5.69 Å². The van der Waals surface area contributed by atoms with Gasteiger partial charge in [0.25, 0.3) is 0 Å². The van der Waals surface area contributed by atoms with E-state index >= 15 is 0 Å². The summed E-state index contributed by atoms with van der Waals surface area (Å²) < 4.78 is 8.73. The van der Waals surface area contributed by atoms with Crippen molar-refractivity contribution in [1.29, 1.82) is 0 Å². The van der Waals surface area contributed by atoms with Gasteiger partial charge in [-0.15, -0.1) is 0 Å². The number of hydrogen-bond donors (Lipinski definition) is 0. The maximum atomic E-state index is 6.60. The fourth-order valence-corrected chi connectivity index (χ4v) is 4.62. The minimum Gasteiger partial charge on any atom is -0.453 e. The average molecular weight is 428 g/mol. The van der Waals surface area contributed by atoms with Gasteiger partial charge in [-0.25, -0.2) is 4.57 Å². The number of fused-ring (bicyclic) bond motifs is 3. The normalized spacial score (nSPS) is 11.3. The van der Waals surface area contributed by atoms with Crippen molar-refractivity contribution in [2.45, 2.75) is 6.92 Å². The fraction of sp³-hybridized carbons (Fsp3) is 0.0667. The van der Waals surface area contributed by atoms with Gasteiger partial charge in [-0.2, -0.15) is 0 Å². The zero-order chi connectivity index (χ0) is 22.4. The molecular weight excluding hydrogens is 404 g/mol. The van der Waals surface area contributed by atoms with Crippen LogP contribution in [-0.2, 0) is 7.05 Å². The van der Waals surface area contributed by atoms with Crippen molar-refractivity contribution < 1.29 is 8.98 Å². The van der Waals surface area contributed by atoms with Crippen LogP contribution in [0.2, 0.25) is 0 Å². The van der Waals surface area contributed by atoms with E-state index in [1.54, 1.807) is 0 Å². The van der Waals surface area contributed by atoms with Crippen LogP contribution in [0.25, 0.3) is 55.6 Å². The second-order valence-corrected chi connectivity index (χ2v) is 8.41. The Morgan fingerprint density at radius 1 is 0.667 bits per heavy atom. The zero-order valence-corrected chi connectivity index (χ0v) is 18.6. The Labute approximate surface area is 192 Å². The third-order valence-electron chi connectivity index (χ3n) is 6.34. The molecule has 6 aromatic rings. The van der Waals surface area contributed by atoms with Crippen LogP contribution < -0.4 is 4.57 Å². The van der Waals surface area contributed by atoms with Crippen LogP contribution in [-0.4, -0.2) is 4.98 Å². The number of rotatable bonds is 3. The largest absolute Gasteiger partial charge is 0.453 e. The Balaban J connectivity index is 1.55. The Kier molecular flexibility index (Phi) is 4.55. The summed E-state index contributed by atoms with van der Waals surface area (Å²) >= 11 is 0. The molecule has 3 aromatic carbocycles. The van der Waals surface area contributed by atoms with Crippen molar-refractivity contribution in [3.63, 3.8) is 0 Å². The van der Waals surface area contributed by atoms with E-state index in [1.807, 2.05) is 24.4 Å². The Morgan fingerprint density at radius 2 is 1.36 bits per heavy atom. The molecule has 0 N–H and O–H groups in total. The molecule has 3 heterocycles. The van der Waals surface area contributed by atoms with Gasteiger partial charge in [0, 0.05) is 34.7 Å². The standard InChI is InChI=1S/C30H23N2O/c1-20-11-16-24-25-17-18-31-28(23-14-12-22(13-15-23)21-8-4-3-5-9-21)30(25)33-29(24)27(20)26-10-6-7-19-32(26)2/h3-19H,1-2H3/q+1. The number of pyridine rings is 2. The van der Waals surface area contributed by atoms with E-state index in [1.165, 1.54) is 16.7 Å². The maximum Gasteiger partial charge on any atom is 0.216 e. The molecular formula is C30H23N2O+. The summed E-state index contributed by atoms with van der Waals surface area (Å²) in [7, 11) is 2.07. The molecule has 3 heteroatoms. The lowest BCUT2D eigenvalue weighted by atomic mass is 10.00. The minimum absolute atomic E-state index is 0.824. The molecule has 0 bridgehead atoms. The van der Waals surface area contributed by atoms with Crippen LogP contribution in [0.4, 0.5) is 0 Å². The number of aromatic nitrogens is 2. The highest BCUT2D eigenvalue weighted by atomic mass is 16.3. The lowest BCUT2D eigenvalue weighted by Gasteiger charge is -2.05. The smallest absolute Gasteiger partial charge is 0.216 e. The van der Waals surface area contributed by atoms with E-state index in [2.05, 4.69) is 97.5 Å². The first-order valence-corrected chi connectivity index (χ1v) is 11.1. The van der Waals surface area contributed by atoms with Crippen molar-refractivity contribution in [1.82, 2.24) is 4.98 Å². The molecule has 0 fully saturated rings. The van der Waals surface area contributed by atoms with Gasteiger partial charge in [0.15, 0.2) is 11.8 Å². The van der Waals surface area contributed by atoms with Crippen LogP contribution in [0.5, 0.6) is 0 Å². The molecule has 6 rings (SSSR count). The van der Waals surface area contributed by atoms with Crippen molar-refractivity contribution >= 4 is 21.9 Å². The predicted octanol–water partition coefficient (Wildman–Crippen LogP) is 7.11. The number of benzene rings is 3. The average Bonchev–Trinajstić information content (AvgIpc) is 3.24. The van der Waals surface area contributed by atoms with E-state index in [4.69, 9.17) is 9.40 Å². The van der Waals surface area contributed by atoms with Gasteiger partial charge in [0.1, 0.15) is 18.3 Å². The predicted molar refractivity (Wildman–Crippen MR) is 134 cm³/mol. The number of aryl methyl sites for hydroxylation is 2. The van der Waals surface area contributed by atoms with E-state index in [0.717, 1.165) is 44.5 Å². The summed E-state index contributed by atoms with van der Waals surface area (Å²) in [6, 6.07) is 31.6. The molecule has 33 heavy (non-hydrogen) atoms. The van der Waals surface area contributed by atoms with Crippen LogP contribution in [0.15, 0.2) is 108 Å². The topological polar surface area (TPSA) is 29.9 Å². The van der Waals surface area contributed by atoms with Crippen molar-refractivity contribution in [3.8, 4) is 33.6 Å². The fourth-order valence-electron chi connectivity index (χ4n) is 4.62. The van der Waals surface area contributed by atoms with Crippen LogP contribution in [0, 0.1) is 6.92 Å². The summed E-state index contributed by atoms with van der Waals surface area (Å²) in [6.45, 7) is 2.14. The highest BCUT2D eigenvalue weighted by Gasteiger charge is 2.21. The molecule has 3 aromatic heterocycles. The molecule has 158 valence electrons. The Bertz CT molecular complexity index is 1610. The summed E-state index contributed by atoms with van der Waals surface area (Å²) in [4.78, 5) is 4.72. The zero-order valence-electron chi connectivity index (χ0n) is 18.6. The highest BCUT2D eigenvalue weighted by molar-refractivity contribution is 6.12. The number of nitrogens with zero attached hydrogens (tertiary/aromatic N) is 2. The monoisotopic (exact) mass is 427 g/mol. The minimum atomic E-state index is 0.824. The molecule has 0 saturated carbocycles. The third kappa shape index (κ3) is 3.21. The van der Waals surface area contributed by atoms with Crippen molar-refractivity contribution in [3.05, 3.63) is 109 Å². The molecule has 0 aliphatic carbocycles. The summed E-state index contributed by atoms with van der Waals surface area (Å²) in [5.41, 5.74) is 9.46.